The van der Waals surface area contributed by atoms with Crippen LogP contribution < -0.4 is 4.74 Å². The van der Waals surface area contributed by atoms with Gasteiger partial charge in [0.25, 0.3) is 0 Å². The number of aliphatic carboxylic acids is 1. The van der Waals surface area contributed by atoms with E-state index in [9.17, 15) is 14.7 Å². The van der Waals surface area contributed by atoms with E-state index in [1.807, 2.05) is 42.5 Å². The highest BCUT2D eigenvalue weighted by Crippen LogP contribution is 2.32. The first-order valence-electron chi connectivity index (χ1n) is 9.85. The number of hydrogen-bond donors (Lipinski definition) is 2. The number of para-hydroxylation sites is 1. The first kappa shape index (κ1) is 19.1. The molecule has 4 rings (SSSR count). The first-order chi connectivity index (χ1) is 14.1. The number of H-pyrrole nitrogens is 1. The lowest BCUT2D eigenvalue weighted by Crippen LogP contribution is -2.40. The van der Waals surface area contributed by atoms with Crippen molar-refractivity contribution in [1.29, 1.82) is 0 Å². The van der Waals surface area contributed by atoms with Gasteiger partial charge in [-0.1, -0.05) is 18.2 Å². The van der Waals surface area contributed by atoms with E-state index >= 15 is 0 Å². The smallest absolute Gasteiger partial charge is 0.326 e. The molecule has 3 aromatic rings. The van der Waals surface area contributed by atoms with Crippen LogP contribution in [0.5, 0.6) is 5.75 Å². The Hall–Kier alpha value is -3.28. The van der Waals surface area contributed by atoms with Gasteiger partial charge < -0.3 is 19.7 Å². The molecule has 1 saturated heterocycles. The monoisotopic (exact) mass is 392 g/mol. The number of aromatic amines is 1. The van der Waals surface area contributed by atoms with Gasteiger partial charge in [0.1, 0.15) is 11.8 Å². The van der Waals surface area contributed by atoms with Gasteiger partial charge in [0.2, 0.25) is 5.91 Å². The van der Waals surface area contributed by atoms with Crippen molar-refractivity contribution in [1.82, 2.24) is 9.88 Å². The van der Waals surface area contributed by atoms with Crippen molar-refractivity contribution in [2.24, 2.45) is 0 Å². The molecule has 1 amide bonds. The molecule has 1 fully saturated rings. The molecule has 0 unspecified atom stereocenters. The van der Waals surface area contributed by atoms with Crippen LogP contribution in [0.15, 0.2) is 48.5 Å². The van der Waals surface area contributed by atoms with Gasteiger partial charge in [0, 0.05) is 29.6 Å². The second-order valence-electron chi connectivity index (χ2n) is 7.34. The first-order valence-corrected chi connectivity index (χ1v) is 9.85. The third-order valence-electron chi connectivity index (χ3n) is 5.64. The molecule has 29 heavy (non-hydrogen) atoms. The number of aromatic nitrogens is 1. The Balaban J connectivity index is 1.62. The van der Waals surface area contributed by atoms with Crippen molar-refractivity contribution in [3.63, 3.8) is 0 Å². The maximum atomic E-state index is 12.8. The molecule has 0 saturated carbocycles. The summed E-state index contributed by atoms with van der Waals surface area (Å²) in [6.45, 7) is 0.523. The molecular formula is C23H24N2O4. The number of nitrogens with zero attached hydrogens (tertiary/aromatic N) is 1. The fraction of sp³-hybridized carbons (Fsp3) is 0.304. The van der Waals surface area contributed by atoms with E-state index in [1.54, 1.807) is 7.11 Å². The second-order valence-corrected chi connectivity index (χ2v) is 7.34. The van der Waals surface area contributed by atoms with E-state index in [-0.39, 0.29) is 12.3 Å². The summed E-state index contributed by atoms with van der Waals surface area (Å²) in [5, 5.41) is 10.4. The highest BCUT2D eigenvalue weighted by Gasteiger charge is 2.33. The van der Waals surface area contributed by atoms with Crippen molar-refractivity contribution < 1.29 is 19.4 Å². The maximum absolute atomic E-state index is 12.8. The lowest BCUT2D eigenvalue weighted by molar-refractivity contribution is -0.148. The normalized spacial score (nSPS) is 16.3. The third kappa shape index (κ3) is 3.70. The second kappa shape index (κ2) is 7.99. The summed E-state index contributed by atoms with van der Waals surface area (Å²) in [6.07, 6.45) is 2.11. The van der Waals surface area contributed by atoms with Gasteiger partial charge in [-0.25, -0.2) is 4.79 Å². The number of carbonyl (C=O) groups is 2. The van der Waals surface area contributed by atoms with Gasteiger partial charge in [-0.3, -0.25) is 4.79 Å². The van der Waals surface area contributed by atoms with E-state index < -0.39 is 12.0 Å². The van der Waals surface area contributed by atoms with Crippen LogP contribution >= 0.6 is 0 Å². The van der Waals surface area contributed by atoms with Gasteiger partial charge >= 0.3 is 5.97 Å². The van der Waals surface area contributed by atoms with E-state index in [4.69, 9.17) is 4.74 Å². The van der Waals surface area contributed by atoms with Crippen LogP contribution in [-0.2, 0) is 16.0 Å². The Kier molecular flexibility index (Phi) is 5.25. The standard InChI is InChI=1S/C23H24N2O4/c1-29-16-10-8-15(9-11-16)22-18(17-5-2-3-6-19(17)24-22)12-13-21(26)25-14-4-7-20(25)23(27)28/h2-3,5-6,8-11,20,24H,4,7,12-14H2,1H3,(H,27,28)/t20-/m0/s1. The summed E-state index contributed by atoms with van der Waals surface area (Å²) in [5.74, 6) is -0.224. The number of fused-ring (bicyclic) bond motifs is 1. The fourth-order valence-electron chi connectivity index (χ4n) is 4.16. The molecule has 2 N–H and O–H groups in total. The molecule has 2 heterocycles. The topological polar surface area (TPSA) is 82.6 Å². The fourth-order valence-corrected chi connectivity index (χ4v) is 4.16. The zero-order valence-corrected chi connectivity index (χ0v) is 16.4. The number of aryl methyl sites for hydroxylation is 1. The van der Waals surface area contributed by atoms with Crippen LogP contribution in [0.4, 0.5) is 0 Å². The molecule has 0 spiro atoms. The molecule has 1 atom stereocenters. The lowest BCUT2D eigenvalue weighted by atomic mass is 10.0. The van der Waals surface area contributed by atoms with Crippen molar-refractivity contribution in [3.8, 4) is 17.0 Å². The number of carboxylic acid groups (broad SMARTS) is 1. The number of amides is 1. The number of ether oxygens (including phenoxy) is 1. The van der Waals surface area contributed by atoms with Crippen molar-refractivity contribution >= 4 is 22.8 Å². The summed E-state index contributed by atoms with van der Waals surface area (Å²) in [4.78, 5) is 29.2. The molecule has 0 radical (unpaired) electrons. The van der Waals surface area contributed by atoms with Crippen molar-refractivity contribution in [2.45, 2.75) is 31.7 Å². The van der Waals surface area contributed by atoms with Crippen LogP contribution in [0, 0.1) is 0 Å². The molecule has 1 aromatic heterocycles. The number of rotatable bonds is 6. The largest absolute Gasteiger partial charge is 0.497 e. The maximum Gasteiger partial charge on any atom is 0.326 e. The Morgan fingerprint density at radius 2 is 1.93 bits per heavy atom. The molecule has 0 aliphatic carbocycles. The molecule has 0 bridgehead atoms. The average molecular weight is 392 g/mol. The minimum atomic E-state index is -0.915. The van der Waals surface area contributed by atoms with Crippen molar-refractivity contribution in [2.75, 3.05) is 13.7 Å². The number of carboxylic acids is 1. The molecule has 1 aliphatic heterocycles. The molecule has 6 heteroatoms. The predicted molar refractivity (Wildman–Crippen MR) is 111 cm³/mol. The molecule has 150 valence electrons. The SMILES string of the molecule is COc1ccc(-c2[nH]c3ccccc3c2CCC(=O)N2CCC[C@H]2C(=O)O)cc1. The van der Waals surface area contributed by atoms with Crippen LogP contribution in [0.2, 0.25) is 0 Å². The zero-order valence-electron chi connectivity index (χ0n) is 16.4. The number of nitrogens with one attached hydrogen (secondary N) is 1. The lowest BCUT2D eigenvalue weighted by Gasteiger charge is -2.21. The van der Waals surface area contributed by atoms with Gasteiger partial charge in [-0.05, 0) is 60.7 Å². The van der Waals surface area contributed by atoms with Gasteiger partial charge in [-0.15, -0.1) is 0 Å². The van der Waals surface area contributed by atoms with E-state index in [0.29, 0.717) is 19.4 Å². The Labute approximate surface area is 169 Å². The van der Waals surface area contributed by atoms with E-state index in [2.05, 4.69) is 11.1 Å². The van der Waals surface area contributed by atoms with Crippen LogP contribution in [0.25, 0.3) is 22.2 Å². The molecular weight excluding hydrogens is 368 g/mol. The molecule has 2 aromatic carbocycles. The summed E-state index contributed by atoms with van der Waals surface area (Å²) in [6, 6.07) is 15.2. The average Bonchev–Trinajstić information content (AvgIpc) is 3.37. The summed E-state index contributed by atoms with van der Waals surface area (Å²) in [7, 11) is 1.64. The Morgan fingerprint density at radius 3 is 2.66 bits per heavy atom. The van der Waals surface area contributed by atoms with E-state index in [0.717, 1.165) is 39.9 Å². The number of methoxy groups -OCH3 is 1. The van der Waals surface area contributed by atoms with Crippen LogP contribution in [-0.4, -0.2) is 46.6 Å². The third-order valence-corrected chi connectivity index (χ3v) is 5.64. The number of carbonyl (C=O) groups excluding carboxylic acids is 1. The van der Waals surface area contributed by atoms with E-state index in [1.165, 1.54) is 4.90 Å². The number of benzene rings is 2. The Bertz CT molecular complexity index is 1040. The Morgan fingerprint density at radius 1 is 1.17 bits per heavy atom. The predicted octanol–water partition coefficient (Wildman–Crippen LogP) is 3.85. The van der Waals surface area contributed by atoms with Crippen LogP contribution in [0.1, 0.15) is 24.8 Å². The minimum absolute atomic E-state index is 0.0964. The van der Waals surface area contributed by atoms with Crippen molar-refractivity contribution in [3.05, 3.63) is 54.1 Å². The number of hydrogen-bond acceptors (Lipinski definition) is 3. The minimum Gasteiger partial charge on any atom is -0.497 e. The molecule has 1 aliphatic rings. The van der Waals surface area contributed by atoms with Crippen LogP contribution in [0.3, 0.4) is 0 Å². The number of likely N-dealkylation sites (tertiary alicyclic amines) is 1. The quantitative estimate of drug-likeness (QED) is 0.667. The zero-order chi connectivity index (χ0) is 20.4. The van der Waals surface area contributed by atoms with Gasteiger partial charge in [0.05, 0.1) is 7.11 Å². The van der Waals surface area contributed by atoms with Gasteiger partial charge in [-0.2, -0.15) is 0 Å². The summed E-state index contributed by atoms with van der Waals surface area (Å²) in [5.41, 5.74) is 4.10. The molecule has 6 nitrogen and oxygen atoms in total. The van der Waals surface area contributed by atoms with Gasteiger partial charge in [0.15, 0.2) is 0 Å². The summed E-state index contributed by atoms with van der Waals surface area (Å²) >= 11 is 0. The summed E-state index contributed by atoms with van der Waals surface area (Å²) < 4.78 is 5.25. The highest BCUT2D eigenvalue weighted by atomic mass is 16.5. The highest BCUT2D eigenvalue weighted by molar-refractivity contribution is 5.92.